The van der Waals surface area contributed by atoms with Gasteiger partial charge < -0.3 is 20.3 Å². The first-order valence-corrected chi connectivity index (χ1v) is 8.90. The largest absolute Gasteiger partial charge is 0.494 e. The summed E-state index contributed by atoms with van der Waals surface area (Å²) < 4.78 is 5.39. The molecule has 0 bridgehead atoms. The van der Waals surface area contributed by atoms with Crippen molar-refractivity contribution in [2.45, 2.75) is 26.2 Å². The van der Waals surface area contributed by atoms with Gasteiger partial charge in [0.2, 0.25) is 0 Å². The molecule has 0 aromatic heterocycles. The van der Waals surface area contributed by atoms with Gasteiger partial charge in [-0.25, -0.2) is 4.79 Å². The van der Waals surface area contributed by atoms with Gasteiger partial charge in [-0.05, 0) is 74.7 Å². The van der Waals surface area contributed by atoms with E-state index in [2.05, 4.69) is 27.7 Å². The number of carbonyl (C=O) groups excluding carboxylic acids is 1. The van der Waals surface area contributed by atoms with E-state index in [9.17, 15) is 4.79 Å². The zero-order valence-electron chi connectivity index (χ0n) is 14.6. The number of piperidine rings is 1. The van der Waals surface area contributed by atoms with Gasteiger partial charge in [0.1, 0.15) is 5.75 Å². The predicted octanol–water partition coefficient (Wildman–Crippen LogP) is 4.72. The molecule has 1 saturated heterocycles. The molecule has 2 aromatic rings. The third kappa shape index (κ3) is 4.89. The Balaban J connectivity index is 1.53. The molecule has 1 aliphatic heterocycles. The topological polar surface area (TPSA) is 53.6 Å². The number of nitrogens with zero attached hydrogens (tertiary/aromatic N) is 1. The van der Waals surface area contributed by atoms with Crippen LogP contribution in [0.2, 0.25) is 0 Å². The molecule has 5 nitrogen and oxygen atoms in total. The minimum atomic E-state index is -0.255. The number of nitrogens with one attached hydrogen (secondary N) is 2. The van der Waals surface area contributed by atoms with Gasteiger partial charge in [0.15, 0.2) is 0 Å². The number of anilines is 3. The molecule has 0 radical (unpaired) electrons. The number of carbonyl (C=O) groups is 1. The van der Waals surface area contributed by atoms with Crippen molar-refractivity contribution in [3.05, 3.63) is 48.5 Å². The number of urea groups is 1. The Labute approximate surface area is 149 Å². The van der Waals surface area contributed by atoms with Crippen LogP contribution in [0.25, 0.3) is 0 Å². The maximum absolute atomic E-state index is 12.1. The van der Waals surface area contributed by atoms with Crippen LogP contribution in [0.1, 0.15) is 26.2 Å². The highest BCUT2D eigenvalue weighted by molar-refractivity contribution is 5.99. The van der Waals surface area contributed by atoms with Crippen LogP contribution in [0.3, 0.4) is 0 Å². The fourth-order valence-corrected chi connectivity index (χ4v) is 3.00. The normalized spacial score (nSPS) is 14.0. The lowest BCUT2D eigenvalue weighted by Crippen LogP contribution is -2.29. The maximum atomic E-state index is 12.1. The van der Waals surface area contributed by atoms with Gasteiger partial charge in [-0.2, -0.15) is 0 Å². The molecule has 1 fully saturated rings. The summed E-state index contributed by atoms with van der Waals surface area (Å²) >= 11 is 0. The van der Waals surface area contributed by atoms with E-state index in [4.69, 9.17) is 4.74 Å². The number of benzene rings is 2. The average Bonchev–Trinajstić information content (AvgIpc) is 2.65. The second kappa shape index (κ2) is 8.42. The number of amides is 2. The van der Waals surface area contributed by atoms with Crippen LogP contribution >= 0.6 is 0 Å². The van der Waals surface area contributed by atoms with Gasteiger partial charge in [-0.3, -0.25) is 0 Å². The standard InChI is InChI=1S/C20H25N3O2/c1-2-25-19-12-8-17(9-13-19)22-20(24)21-16-6-10-18(11-7-16)23-14-4-3-5-15-23/h6-13H,2-5,14-15H2,1H3,(H2,21,22,24). The lowest BCUT2D eigenvalue weighted by molar-refractivity contribution is 0.262. The van der Waals surface area contributed by atoms with E-state index in [1.165, 1.54) is 24.9 Å². The second-order valence-corrected chi connectivity index (χ2v) is 6.13. The molecule has 2 amide bonds. The Kier molecular flexibility index (Phi) is 5.77. The van der Waals surface area contributed by atoms with Crippen LogP contribution in [-0.4, -0.2) is 25.7 Å². The Morgan fingerprint density at radius 1 is 0.920 bits per heavy atom. The van der Waals surface area contributed by atoms with E-state index in [1.807, 2.05) is 43.3 Å². The number of ether oxygens (including phenoxy) is 1. The van der Waals surface area contributed by atoms with E-state index >= 15 is 0 Å². The summed E-state index contributed by atoms with van der Waals surface area (Å²) in [7, 11) is 0. The predicted molar refractivity (Wildman–Crippen MR) is 103 cm³/mol. The summed E-state index contributed by atoms with van der Waals surface area (Å²) in [4.78, 5) is 14.5. The highest BCUT2D eigenvalue weighted by atomic mass is 16.5. The smallest absolute Gasteiger partial charge is 0.323 e. The van der Waals surface area contributed by atoms with Crippen molar-refractivity contribution >= 4 is 23.1 Å². The Morgan fingerprint density at radius 2 is 1.48 bits per heavy atom. The molecule has 1 heterocycles. The minimum Gasteiger partial charge on any atom is -0.494 e. The summed E-state index contributed by atoms with van der Waals surface area (Å²) in [6.07, 6.45) is 3.83. The highest BCUT2D eigenvalue weighted by Gasteiger charge is 2.11. The molecule has 1 aliphatic rings. The van der Waals surface area contributed by atoms with E-state index < -0.39 is 0 Å². The Morgan fingerprint density at radius 3 is 2.04 bits per heavy atom. The number of hydrogen-bond donors (Lipinski definition) is 2. The number of hydrogen-bond acceptors (Lipinski definition) is 3. The molecule has 5 heteroatoms. The van der Waals surface area contributed by atoms with E-state index in [0.29, 0.717) is 6.61 Å². The van der Waals surface area contributed by atoms with E-state index in [0.717, 1.165) is 30.2 Å². The third-order valence-electron chi connectivity index (χ3n) is 4.27. The summed E-state index contributed by atoms with van der Waals surface area (Å²) in [5, 5.41) is 5.68. The monoisotopic (exact) mass is 339 g/mol. The number of rotatable bonds is 5. The van der Waals surface area contributed by atoms with Crippen molar-refractivity contribution in [1.29, 1.82) is 0 Å². The summed E-state index contributed by atoms with van der Waals surface area (Å²) in [6.45, 7) is 4.80. The van der Waals surface area contributed by atoms with Crippen LogP contribution in [0, 0.1) is 0 Å². The highest BCUT2D eigenvalue weighted by Crippen LogP contribution is 2.22. The quantitative estimate of drug-likeness (QED) is 0.829. The molecule has 0 atom stereocenters. The maximum Gasteiger partial charge on any atom is 0.323 e. The lowest BCUT2D eigenvalue weighted by Gasteiger charge is -2.28. The molecule has 2 N–H and O–H groups in total. The average molecular weight is 339 g/mol. The van der Waals surface area contributed by atoms with Gasteiger partial charge in [0.05, 0.1) is 6.61 Å². The summed E-state index contributed by atoms with van der Waals surface area (Å²) in [6, 6.07) is 15.1. The first-order chi connectivity index (χ1) is 12.2. The van der Waals surface area contributed by atoms with E-state index in [-0.39, 0.29) is 6.03 Å². The van der Waals surface area contributed by atoms with Crippen LogP contribution in [0.4, 0.5) is 21.9 Å². The minimum absolute atomic E-state index is 0.255. The fourth-order valence-electron chi connectivity index (χ4n) is 3.00. The van der Waals surface area contributed by atoms with Crippen LogP contribution in [0.15, 0.2) is 48.5 Å². The molecule has 0 unspecified atom stereocenters. The third-order valence-corrected chi connectivity index (χ3v) is 4.27. The van der Waals surface area contributed by atoms with Gasteiger partial charge >= 0.3 is 6.03 Å². The van der Waals surface area contributed by atoms with Crippen molar-refractivity contribution in [3.63, 3.8) is 0 Å². The van der Waals surface area contributed by atoms with Crippen molar-refractivity contribution < 1.29 is 9.53 Å². The molecule has 0 aliphatic carbocycles. The van der Waals surface area contributed by atoms with Crippen molar-refractivity contribution in [2.75, 3.05) is 35.2 Å². The Bertz CT molecular complexity index is 677. The van der Waals surface area contributed by atoms with Crippen LogP contribution in [-0.2, 0) is 0 Å². The molecule has 0 spiro atoms. The van der Waals surface area contributed by atoms with Gasteiger partial charge in [0, 0.05) is 30.2 Å². The summed E-state index contributed by atoms with van der Waals surface area (Å²) in [5.41, 5.74) is 2.73. The molecular weight excluding hydrogens is 314 g/mol. The fraction of sp³-hybridized carbons (Fsp3) is 0.350. The molecule has 132 valence electrons. The lowest BCUT2D eigenvalue weighted by atomic mass is 10.1. The van der Waals surface area contributed by atoms with Gasteiger partial charge in [0.25, 0.3) is 0 Å². The van der Waals surface area contributed by atoms with E-state index in [1.54, 1.807) is 0 Å². The first kappa shape index (κ1) is 17.1. The van der Waals surface area contributed by atoms with Crippen LogP contribution in [0.5, 0.6) is 5.75 Å². The van der Waals surface area contributed by atoms with Gasteiger partial charge in [-0.1, -0.05) is 0 Å². The molecule has 25 heavy (non-hydrogen) atoms. The molecule has 0 saturated carbocycles. The Hall–Kier alpha value is -2.69. The zero-order chi connectivity index (χ0) is 17.5. The molecular formula is C20H25N3O2. The summed E-state index contributed by atoms with van der Waals surface area (Å²) in [5.74, 6) is 0.793. The van der Waals surface area contributed by atoms with Crippen molar-refractivity contribution in [2.24, 2.45) is 0 Å². The van der Waals surface area contributed by atoms with Crippen molar-refractivity contribution in [1.82, 2.24) is 0 Å². The van der Waals surface area contributed by atoms with Crippen molar-refractivity contribution in [3.8, 4) is 5.75 Å². The zero-order valence-corrected chi connectivity index (χ0v) is 14.6. The molecule has 3 rings (SSSR count). The second-order valence-electron chi connectivity index (χ2n) is 6.13. The SMILES string of the molecule is CCOc1ccc(NC(=O)Nc2ccc(N3CCCCC3)cc2)cc1. The van der Waals surface area contributed by atoms with Crippen LogP contribution < -0.4 is 20.3 Å². The first-order valence-electron chi connectivity index (χ1n) is 8.90. The molecule has 2 aromatic carbocycles. The van der Waals surface area contributed by atoms with Gasteiger partial charge in [-0.15, -0.1) is 0 Å².